The molecule has 0 heterocycles. The number of carbonyl (C=O) groups excluding carboxylic acids is 1. The second-order valence-electron chi connectivity index (χ2n) is 6.12. The van der Waals surface area contributed by atoms with Gasteiger partial charge in [-0.25, -0.2) is 4.79 Å². The summed E-state index contributed by atoms with van der Waals surface area (Å²) in [6, 6.07) is 0.403. The van der Waals surface area contributed by atoms with Crippen molar-refractivity contribution in [2.24, 2.45) is 5.92 Å². The van der Waals surface area contributed by atoms with Gasteiger partial charge in [-0.2, -0.15) is 0 Å². The Morgan fingerprint density at radius 1 is 1.37 bits per heavy atom. The second-order valence-corrected chi connectivity index (χ2v) is 6.12. The molecule has 0 aliphatic heterocycles. The van der Waals surface area contributed by atoms with Crippen LogP contribution in [0.25, 0.3) is 0 Å². The Balaban J connectivity index is 2.36. The van der Waals surface area contributed by atoms with E-state index in [1.807, 2.05) is 20.8 Å². The lowest BCUT2D eigenvalue weighted by Crippen LogP contribution is -2.45. The zero-order valence-electron chi connectivity index (χ0n) is 12.3. The largest absolute Gasteiger partial charge is 0.444 e. The van der Waals surface area contributed by atoms with Crippen molar-refractivity contribution in [1.29, 1.82) is 0 Å². The molecule has 1 rings (SSSR count). The van der Waals surface area contributed by atoms with E-state index >= 15 is 0 Å². The van der Waals surface area contributed by atoms with Crippen LogP contribution in [0.1, 0.15) is 46.5 Å². The van der Waals surface area contributed by atoms with E-state index in [0.717, 1.165) is 12.8 Å². The highest BCUT2D eigenvalue weighted by Crippen LogP contribution is 2.23. The molecule has 4 heteroatoms. The van der Waals surface area contributed by atoms with Crippen LogP contribution in [0.15, 0.2) is 0 Å². The lowest BCUT2D eigenvalue weighted by molar-refractivity contribution is 0.0511. The summed E-state index contributed by atoms with van der Waals surface area (Å²) in [7, 11) is 0. The normalized spacial score (nSPS) is 23.5. The van der Waals surface area contributed by atoms with E-state index in [9.17, 15) is 4.79 Å². The Morgan fingerprint density at radius 3 is 2.68 bits per heavy atom. The van der Waals surface area contributed by atoms with Crippen molar-refractivity contribution in [3.63, 3.8) is 0 Å². The molecule has 1 saturated carbocycles. The molecule has 1 aliphatic rings. The van der Waals surface area contributed by atoms with E-state index < -0.39 is 5.60 Å². The number of rotatable bonds is 4. The Hall–Kier alpha value is -1.21. The maximum atomic E-state index is 11.6. The fourth-order valence-electron chi connectivity index (χ4n) is 2.44. The van der Waals surface area contributed by atoms with Gasteiger partial charge in [0, 0.05) is 12.6 Å². The zero-order chi connectivity index (χ0) is 14.3. The zero-order valence-corrected chi connectivity index (χ0v) is 12.3. The minimum absolute atomic E-state index is 0.339. The van der Waals surface area contributed by atoms with Gasteiger partial charge in [-0.3, -0.25) is 0 Å². The Morgan fingerprint density at radius 2 is 2.05 bits per heavy atom. The van der Waals surface area contributed by atoms with Gasteiger partial charge in [-0.1, -0.05) is 18.8 Å². The van der Waals surface area contributed by atoms with Gasteiger partial charge >= 0.3 is 6.09 Å². The van der Waals surface area contributed by atoms with Crippen molar-refractivity contribution in [3.8, 4) is 12.3 Å². The fourth-order valence-corrected chi connectivity index (χ4v) is 2.44. The molecule has 0 bridgehead atoms. The van der Waals surface area contributed by atoms with Crippen LogP contribution >= 0.6 is 0 Å². The highest BCUT2D eigenvalue weighted by molar-refractivity contribution is 5.67. The highest BCUT2D eigenvalue weighted by atomic mass is 16.6. The van der Waals surface area contributed by atoms with Gasteiger partial charge in [-0.05, 0) is 39.5 Å². The number of alkyl carbamates (subject to hydrolysis) is 1. The van der Waals surface area contributed by atoms with E-state index in [-0.39, 0.29) is 6.09 Å². The van der Waals surface area contributed by atoms with Crippen LogP contribution in [0.2, 0.25) is 0 Å². The third-order valence-electron chi connectivity index (χ3n) is 3.28. The minimum atomic E-state index is -0.447. The highest BCUT2D eigenvalue weighted by Gasteiger charge is 2.25. The van der Waals surface area contributed by atoms with Crippen LogP contribution in [0.5, 0.6) is 0 Å². The smallest absolute Gasteiger partial charge is 0.407 e. The van der Waals surface area contributed by atoms with Crippen molar-refractivity contribution >= 4 is 6.09 Å². The second kappa shape index (κ2) is 7.40. The van der Waals surface area contributed by atoms with Crippen molar-refractivity contribution in [3.05, 3.63) is 0 Å². The van der Waals surface area contributed by atoms with E-state index in [1.165, 1.54) is 12.8 Å². The Labute approximate surface area is 116 Å². The summed E-state index contributed by atoms with van der Waals surface area (Å²) in [6.07, 6.45) is 9.64. The van der Waals surface area contributed by atoms with E-state index in [4.69, 9.17) is 11.2 Å². The van der Waals surface area contributed by atoms with Crippen LogP contribution in [0.3, 0.4) is 0 Å². The molecule has 0 spiro atoms. The molecule has 0 saturated heterocycles. The molecule has 0 radical (unpaired) electrons. The molecule has 108 valence electrons. The molecular formula is C15H26N2O2. The predicted molar refractivity (Wildman–Crippen MR) is 76.8 cm³/mol. The number of carbonyl (C=O) groups is 1. The van der Waals surface area contributed by atoms with Crippen LogP contribution in [-0.4, -0.2) is 30.8 Å². The summed E-state index contributed by atoms with van der Waals surface area (Å²) in [5.74, 6) is 3.05. The fraction of sp³-hybridized carbons (Fsp3) is 0.800. The SMILES string of the molecule is C#CCNC1CCCCC1CNC(=O)OC(C)(C)C. The first-order valence-electron chi connectivity index (χ1n) is 7.06. The Kier molecular flexibility index (Phi) is 6.17. The van der Waals surface area contributed by atoms with Crippen LogP contribution in [0, 0.1) is 18.3 Å². The summed E-state index contributed by atoms with van der Waals surface area (Å²) in [6.45, 7) is 6.84. The quantitative estimate of drug-likeness (QED) is 0.768. The van der Waals surface area contributed by atoms with Crippen molar-refractivity contribution < 1.29 is 9.53 Å². The van der Waals surface area contributed by atoms with Crippen molar-refractivity contribution in [2.45, 2.75) is 58.1 Å². The van der Waals surface area contributed by atoms with E-state index in [2.05, 4.69) is 16.6 Å². The molecule has 1 amide bonds. The number of nitrogens with one attached hydrogen (secondary N) is 2. The molecule has 2 unspecified atom stereocenters. The number of hydrogen-bond acceptors (Lipinski definition) is 3. The van der Waals surface area contributed by atoms with Crippen LogP contribution in [-0.2, 0) is 4.74 Å². The number of hydrogen-bond donors (Lipinski definition) is 2. The van der Waals surface area contributed by atoms with Crippen molar-refractivity contribution in [1.82, 2.24) is 10.6 Å². The number of terminal acetylenes is 1. The average Bonchev–Trinajstić information content (AvgIpc) is 2.32. The molecule has 0 aromatic heterocycles. The van der Waals surface area contributed by atoms with Gasteiger partial charge in [0.15, 0.2) is 0 Å². The van der Waals surface area contributed by atoms with Gasteiger partial charge in [0.25, 0.3) is 0 Å². The molecule has 19 heavy (non-hydrogen) atoms. The minimum Gasteiger partial charge on any atom is -0.444 e. The molecule has 2 atom stereocenters. The van der Waals surface area contributed by atoms with Gasteiger partial charge in [-0.15, -0.1) is 6.42 Å². The van der Waals surface area contributed by atoms with Crippen molar-refractivity contribution in [2.75, 3.05) is 13.1 Å². The molecule has 2 N–H and O–H groups in total. The third-order valence-corrected chi connectivity index (χ3v) is 3.28. The van der Waals surface area contributed by atoms with Crippen LogP contribution in [0.4, 0.5) is 4.79 Å². The molecule has 1 fully saturated rings. The summed E-state index contributed by atoms with van der Waals surface area (Å²) >= 11 is 0. The maximum absolute atomic E-state index is 11.6. The molecular weight excluding hydrogens is 240 g/mol. The predicted octanol–water partition coefficient (Wildman–Crippen LogP) is 2.29. The van der Waals surface area contributed by atoms with Gasteiger partial charge in [0.2, 0.25) is 0 Å². The first-order chi connectivity index (χ1) is 8.92. The monoisotopic (exact) mass is 266 g/mol. The lowest BCUT2D eigenvalue weighted by Gasteiger charge is -2.32. The standard InChI is InChI=1S/C15H26N2O2/c1-5-10-16-13-9-7-6-8-12(13)11-17-14(18)19-15(2,3)4/h1,12-13,16H,6-11H2,2-4H3,(H,17,18). The number of amides is 1. The summed E-state index contributed by atoms with van der Waals surface area (Å²) in [4.78, 5) is 11.6. The number of ether oxygens (including phenoxy) is 1. The van der Waals surface area contributed by atoms with Gasteiger partial charge in [0.05, 0.1) is 6.54 Å². The third kappa shape index (κ3) is 6.49. The van der Waals surface area contributed by atoms with Gasteiger partial charge < -0.3 is 15.4 Å². The summed E-state index contributed by atoms with van der Waals surface area (Å²) in [5, 5.41) is 6.23. The topological polar surface area (TPSA) is 50.4 Å². The first kappa shape index (κ1) is 15.8. The average molecular weight is 266 g/mol. The molecule has 0 aromatic rings. The molecule has 1 aliphatic carbocycles. The van der Waals surface area contributed by atoms with E-state index in [1.54, 1.807) is 0 Å². The van der Waals surface area contributed by atoms with Crippen LogP contribution < -0.4 is 10.6 Å². The van der Waals surface area contributed by atoms with Gasteiger partial charge in [0.1, 0.15) is 5.60 Å². The first-order valence-corrected chi connectivity index (χ1v) is 7.06. The lowest BCUT2D eigenvalue weighted by atomic mass is 9.84. The molecule has 4 nitrogen and oxygen atoms in total. The summed E-state index contributed by atoms with van der Waals surface area (Å²) < 4.78 is 5.24. The summed E-state index contributed by atoms with van der Waals surface area (Å²) in [5.41, 5.74) is -0.447. The maximum Gasteiger partial charge on any atom is 0.407 e. The molecule has 0 aromatic carbocycles. The Bertz CT molecular complexity index is 328. The van der Waals surface area contributed by atoms with E-state index in [0.29, 0.717) is 25.0 Å².